The first kappa shape index (κ1) is 38.6. The van der Waals surface area contributed by atoms with Crippen LogP contribution >= 0.6 is 54.8 Å². The number of aryl methyl sites for hydroxylation is 3. The molecule has 0 aliphatic carbocycles. The number of hydrogen-bond donors (Lipinski definition) is 2. The van der Waals surface area contributed by atoms with Crippen LogP contribution in [0.25, 0.3) is 0 Å². The summed E-state index contributed by atoms with van der Waals surface area (Å²) in [5.74, 6) is -1.95. The van der Waals surface area contributed by atoms with E-state index in [1.165, 1.54) is 11.6 Å². The molecule has 49 heavy (non-hydrogen) atoms. The molecule has 0 radical (unpaired) electrons. The van der Waals surface area contributed by atoms with E-state index in [1.807, 2.05) is 39.0 Å². The SMILES string of the molecule is Cc1nc(C(F)(F)F)c(C(=O)Nc2c(Br)cc(OC(F)(F)F)cc2Br)s1.Cc1nn(C)c(Cl)c1C(=O)Nc1cccc2c1C(C)OC2(C)C. The van der Waals surface area contributed by atoms with E-state index >= 15 is 0 Å². The molecule has 0 spiro atoms. The van der Waals surface area contributed by atoms with Crippen LogP contribution in [0.1, 0.15) is 74.4 Å². The molecule has 264 valence electrons. The Labute approximate surface area is 301 Å². The first-order valence-corrected chi connectivity index (χ1v) is 16.7. The minimum Gasteiger partial charge on any atom is -0.406 e. The number of hydrogen-bond acceptors (Lipinski definition) is 7. The first-order chi connectivity index (χ1) is 22.5. The third-order valence-electron chi connectivity index (χ3n) is 6.96. The predicted octanol–water partition coefficient (Wildman–Crippen LogP) is 10.1. The number of benzene rings is 2. The van der Waals surface area contributed by atoms with Crippen LogP contribution in [0.2, 0.25) is 5.15 Å². The number of aromatic nitrogens is 3. The topological polar surface area (TPSA) is 107 Å². The van der Waals surface area contributed by atoms with Crippen LogP contribution in [0.5, 0.6) is 5.75 Å². The number of thiazole rings is 1. The molecule has 1 aliphatic heterocycles. The van der Waals surface area contributed by atoms with Gasteiger partial charge in [0.2, 0.25) is 0 Å². The van der Waals surface area contributed by atoms with Crippen molar-refractivity contribution in [2.24, 2.45) is 7.05 Å². The van der Waals surface area contributed by atoms with Crippen LogP contribution in [0.4, 0.5) is 37.7 Å². The maximum atomic E-state index is 13.0. The monoisotopic (exact) mass is 859 g/mol. The summed E-state index contributed by atoms with van der Waals surface area (Å²) in [4.78, 5) is 27.5. The van der Waals surface area contributed by atoms with E-state index in [9.17, 15) is 35.9 Å². The standard InChI is InChI=1S/C17H20ClN3O2.C13H6Br2F6N2O2S/c1-9-13(15(18)21(5)20-9)16(22)19-12-8-6-7-11-14(12)10(2)23-17(11,3)4;1-4-22-10(12(16,17)18)9(26-4)11(24)23-8-6(14)2-5(3-7(8)15)25-13(19,20)21/h6-8,10H,1-5H3,(H,19,22);2-3H,1H3,(H,23,24). The minimum atomic E-state index is -4.93. The lowest BCUT2D eigenvalue weighted by molar-refractivity contribution is -0.274. The van der Waals surface area contributed by atoms with Gasteiger partial charge >= 0.3 is 12.5 Å². The second-order valence-corrected chi connectivity index (χ2v) is 14.3. The van der Waals surface area contributed by atoms with E-state index in [1.54, 1.807) is 14.0 Å². The average Bonchev–Trinajstić information content (AvgIpc) is 3.55. The number of fused-ring (bicyclic) bond motifs is 1. The molecule has 5 rings (SSSR count). The van der Waals surface area contributed by atoms with E-state index in [-0.39, 0.29) is 37.3 Å². The summed E-state index contributed by atoms with van der Waals surface area (Å²) in [6.45, 7) is 9.13. The molecule has 0 saturated heterocycles. The van der Waals surface area contributed by atoms with Gasteiger partial charge in [0.1, 0.15) is 15.8 Å². The van der Waals surface area contributed by atoms with Crippen molar-refractivity contribution in [1.29, 1.82) is 0 Å². The number of nitrogens with zero attached hydrogens (tertiary/aromatic N) is 3. The summed E-state index contributed by atoms with van der Waals surface area (Å²) in [5.41, 5.74) is 2.11. The summed E-state index contributed by atoms with van der Waals surface area (Å²) in [6, 6.07) is 7.68. The fourth-order valence-electron chi connectivity index (χ4n) is 5.08. The summed E-state index contributed by atoms with van der Waals surface area (Å²) in [6.07, 6.45) is -9.83. The van der Waals surface area contributed by atoms with Gasteiger partial charge in [-0.05, 0) is 90.2 Å². The fourth-order valence-corrected chi connectivity index (χ4v) is 7.52. The minimum absolute atomic E-state index is 0.0331. The maximum Gasteiger partial charge on any atom is 0.573 e. The van der Waals surface area contributed by atoms with Gasteiger partial charge < -0.3 is 20.1 Å². The van der Waals surface area contributed by atoms with Crippen molar-refractivity contribution < 1.29 is 45.4 Å². The van der Waals surface area contributed by atoms with Gasteiger partial charge in [-0.1, -0.05) is 23.7 Å². The summed E-state index contributed by atoms with van der Waals surface area (Å²) in [5, 5.41) is 9.73. The molecule has 1 aliphatic rings. The maximum absolute atomic E-state index is 13.0. The zero-order chi connectivity index (χ0) is 36.8. The molecular weight excluding hydrogens is 836 g/mol. The van der Waals surface area contributed by atoms with Gasteiger partial charge in [-0.15, -0.1) is 24.5 Å². The summed E-state index contributed by atoms with van der Waals surface area (Å²) < 4.78 is 86.8. The number of nitrogens with one attached hydrogen (secondary N) is 2. The van der Waals surface area contributed by atoms with Gasteiger partial charge in [0.15, 0.2) is 5.69 Å². The Kier molecular flexibility index (Phi) is 11.2. The number of ether oxygens (including phenoxy) is 2. The van der Waals surface area contributed by atoms with Crippen LogP contribution in [0.15, 0.2) is 39.3 Å². The Morgan fingerprint density at radius 3 is 2.20 bits per heavy atom. The zero-order valence-electron chi connectivity index (χ0n) is 26.2. The number of amides is 2. The first-order valence-electron chi connectivity index (χ1n) is 13.9. The lowest BCUT2D eigenvalue weighted by Crippen LogP contribution is -2.18. The third-order valence-corrected chi connectivity index (χ3v) is 9.61. The molecule has 0 fully saturated rings. The molecule has 3 heterocycles. The molecule has 9 nitrogen and oxygen atoms in total. The molecule has 4 aromatic rings. The molecule has 2 N–H and O–H groups in total. The second kappa shape index (κ2) is 14.2. The normalized spacial score (nSPS) is 15.3. The van der Waals surface area contributed by atoms with Gasteiger partial charge in [0.05, 0.1) is 33.7 Å². The molecule has 2 aromatic carbocycles. The van der Waals surface area contributed by atoms with Gasteiger partial charge in [-0.3, -0.25) is 14.3 Å². The van der Waals surface area contributed by atoms with E-state index in [0.717, 1.165) is 28.9 Å². The zero-order valence-corrected chi connectivity index (χ0v) is 31.0. The Morgan fingerprint density at radius 2 is 1.67 bits per heavy atom. The van der Waals surface area contributed by atoms with Crippen LogP contribution in [0.3, 0.4) is 0 Å². The Balaban J connectivity index is 0.000000222. The van der Waals surface area contributed by atoms with Crippen LogP contribution < -0.4 is 15.4 Å². The van der Waals surface area contributed by atoms with Gasteiger partial charge in [0.25, 0.3) is 11.8 Å². The van der Waals surface area contributed by atoms with E-state index < -0.39 is 34.8 Å². The number of alkyl halides is 6. The highest BCUT2D eigenvalue weighted by Crippen LogP contribution is 2.46. The molecule has 2 aromatic heterocycles. The van der Waals surface area contributed by atoms with Crippen molar-refractivity contribution in [1.82, 2.24) is 14.8 Å². The smallest absolute Gasteiger partial charge is 0.406 e. The van der Waals surface area contributed by atoms with E-state index in [0.29, 0.717) is 27.7 Å². The van der Waals surface area contributed by atoms with Crippen LogP contribution in [-0.4, -0.2) is 32.9 Å². The highest BCUT2D eigenvalue weighted by atomic mass is 79.9. The Bertz CT molecular complexity index is 1910. The quantitative estimate of drug-likeness (QED) is 0.194. The fraction of sp³-hybridized carbons (Fsp3) is 0.333. The lowest BCUT2D eigenvalue weighted by atomic mass is 9.93. The number of carbonyl (C=O) groups is 2. The van der Waals surface area contributed by atoms with Crippen molar-refractivity contribution in [3.05, 3.63) is 82.4 Å². The summed E-state index contributed by atoms with van der Waals surface area (Å²) in [7, 11) is 1.71. The number of rotatable bonds is 5. The second-order valence-electron chi connectivity index (χ2n) is 11.0. The average molecular weight is 862 g/mol. The number of halogens is 9. The number of anilines is 2. The highest BCUT2D eigenvalue weighted by Gasteiger charge is 2.40. The van der Waals surface area contributed by atoms with Gasteiger partial charge in [-0.2, -0.15) is 18.3 Å². The molecule has 0 saturated carbocycles. The highest BCUT2D eigenvalue weighted by molar-refractivity contribution is 9.11. The third kappa shape index (κ3) is 8.76. The Morgan fingerprint density at radius 1 is 1.06 bits per heavy atom. The van der Waals surface area contributed by atoms with Crippen molar-refractivity contribution in [2.75, 3.05) is 10.6 Å². The number of carbonyl (C=O) groups excluding carboxylic acids is 2. The van der Waals surface area contributed by atoms with E-state index in [2.05, 4.69) is 57.3 Å². The van der Waals surface area contributed by atoms with Gasteiger partial charge in [-0.25, -0.2) is 4.98 Å². The molecule has 0 bridgehead atoms. The lowest BCUT2D eigenvalue weighted by Gasteiger charge is -2.19. The van der Waals surface area contributed by atoms with Crippen molar-refractivity contribution in [3.63, 3.8) is 0 Å². The largest absolute Gasteiger partial charge is 0.573 e. The van der Waals surface area contributed by atoms with Crippen molar-refractivity contribution >= 4 is 78.0 Å². The molecular formula is C30H26Br2ClF6N5O4S. The predicted molar refractivity (Wildman–Crippen MR) is 178 cm³/mol. The van der Waals surface area contributed by atoms with Gasteiger partial charge in [0, 0.05) is 27.2 Å². The van der Waals surface area contributed by atoms with E-state index in [4.69, 9.17) is 16.3 Å². The van der Waals surface area contributed by atoms with Crippen LogP contribution in [-0.2, 0) is 23.6 Å². The van der Waals surface area contributed by atoms with Crippen LogP contribution in [0, 0.1) is 13.8 Å². The molecule has 19 heteroatoms. The van der Waals surface area contributed by atoms with Crippen molar-refractivity contribution in [2.45, 2.75) is 58.9 Å². The molecule has 2 amide bonds. The van der Waals surface area contributed by atoms with Crippen molar-refractivity contribution in [3.8, 4) is 5.75 Å². The Hall–Kier alpha value is -3.19. The molecule has 1 atom stereocenters. The summed E-state index contributed by atoms with van der Waals surface area (Å²) >= 11 is 12.6. The molecule has 1 unspecified atom stereocenters.